The van der Waals surface area contributed by atoms with Crippen LogP contribution < -0.4 is 0 Å². The Morgan fingerprint density at radius 1 is 1.00 bits per heavy atom. The van der Waals surface area contributed by atoms with E-state index in [1.54, 1.807) is 6.07 Å². The van der Waals surface area contributed by atoms with Crippen LogP contribution in [-0.4, -0.2) is 16.6 Å². The quantitative estimate of drug-likeness (QED) is 0.427. The van der Waals surface area contributed by atoms with Gasteiger partial charge < -0.3 is 5.11 Å². The summed E-state index contributed by atoms with van der Waals surface area (Å²) in [6.45, 7) is 2.20. The molecule has 0 aliphatic heterocycles. The maximum Gasteiger partial charge on any atom is 0.0585 e. The van der Waals surface area contributed by atoms with Gasteiger partial charge in [0.2, 0.25) is 0 Å². The fourth-order valence-electron chi connectivity index (χ4n) is 4.28. The average molecular weight is 446 g/mol. The highest BCUT2D eigenvalue weighted by Gasteiger charge is 2.40. The number of thiophene rings is 1. The Hall–Kier alpha value is -0.250. The highest BCUT2D eigenvalue weighted by Crippen LogP contribution is 2.42. The molecule has 5 heteroatoms. The normalized spacial score (nSPS) is 25.2. The molecule has 1 saturated carbocycles. The smallest absolute Gasteiger partial charge is 0.0585 e. The number of hydrogen-bond donors (Lipinski definition) is 1. The number of aliphatic hydroxyl groups is 1. The largest absolute Gasteiger partial charge is 0.393 e. The molecule has 0 saturated heterocycles. The molecule has 1 aromatic carbocycles. The Morgan fingerprint density at radius 3 is 2.37 bits per heavy atom. The van der Waals surface area contributed by atoms with E-state index in [2.05, 4.69) is 19.1 Å². The second kappa shape index (κ2) is 9.98. The van der Waals surface area contributed by atoms with E-state index >= 15 is 0 Å². The van der Waals surface area contributed by atoms with Crippen LogP contribution in [0.5, 0.6) is 0 Å². The number of aliphatic hydroxyl groups excluding tert-OH is 1. The molecular formula is C22H27Cl3OS. The number of rotatable bonds is 8. The Balaban J connectivity index is 1.55. The molecule has 2 aromatic rings. The van der Waals surface area contributed by atoms with Gasteiger partial charge in [0.1, 0.15) is 0 Å². The minimum Gasteiger partial charge on any atom is -0.393 e. The Labute approximate surface area is 181 Å². The van der Waals surface area contributed by atoms with Crippen molar-refractivity contribution in [3.8, 4) is 0 Å². The molecule has 0 amide bonds. The van der Waals surface area contributed by atoms with E-state index in [0.717, 1.165) is 44.1 Å². The standard InChI is InChI=1S/C22H27Cl3OS/c1-2-17-7-8-18(27-17)4-3-5-19-20(22(26)13-21(19)25)9-6-14-10-15(23)12-16(24)11-14/h7-8,10-12,19-22,26H,2-6,9,13H2,1H3/t19-,20-,21-,22-/m1/s1. The summed E-state index contributed by atoms with van der Waals surface area (Å²) in [6, 6.07) is 10.2. The van der Waals surface area contributed by atoms with Crippen LogP contribution in [0.3, 0.4) is 0 Å². The van der Waals surface area contributed by atoms with Crippen LogP contribution in [0.25, 0.3) is 0 Å². The molecule has 0 unspecified atom stereocenters. The molecule has 3 rings (SSSR count). The van der Waals surface area contributed by atoms with Gasteiger partial charge in [0, 0.05) is 25.2 Å². The Kier molecular flexibility index (Phi) is 7.93. The van der Waals surface area contributed by atoms with E-state index in [1.165, 1.54) is 9.75 Å². The molecule has 0 radical (unpaired) electrons. The first-order valence-corrected chi connectivity index (χ1v) is 11.8. The summed E-state index contributed by atoms with van der Waals surface area (Å²) in [6.07, 6.45) is 6.61. The predicted molar refractivity (Wildman–Crippen MR) is 119 cm³/mol. The van der Waals surface area contributed by atoms with Gasteiger partial charge in [-0.15, -0.1) is 22.9 Å². The molecule has 1 nitrogen and oxygen atoms in total. The van der Waals surface area contributed by atoms with Crippen molar-refractivity contribution in [3.05, 3.63) is 55.7 Å². The first-order chi connectivity index (χ1) is 13.0. The lowest BCUT2D eigenvalue weighted by Crippen LogP contribution is -2.21. The van der Waals surface area contributed by atoms with Crippen LogP contribution in [0.15, 0.2) is 30.3 Å². The van der Waals surface area contributed by atoms with Crippen molar-refractivity contribution in [1.82, 2.24) is 0 Å². The fraction of sp³-hybridized carbons (Fsp3) is 0.545. The maximum absolute atomic E-state index is 10.5. The Morgan fingerprint density at radius 2 is 1.70 bits per heavy atom. The monoisotopic (exact) mass is 444 g/mol. The van der Waals surface area contributed by atoms with Gasteiger partial charge >= 0.3 is 0 Å². The summed E-state index contributed by atoms with van der Waals surface area (Å²) >= 11 is 20.8. The highest BCUT2D eigenvalue weighted by molar-refractivity contribution is 7.11. The number of aryl methyl sites for hydroxylation is 3. The van der Waals surface area contributed by atoms with Crippen LogP contribution in [0.1, 0.15) is 47.9 Å². The van der Waals surface area contributed by atoms with Gasteiger partial charge in [-0.3, -0.25) is 0 Å². The highest BCUT2D eigenvalue weighted by atomic mass is 35.5. The summed E-state index contributed by atoms with van der Waals surface area (Å²) in [5, 5.41) is 11.9. The molecule has 1 aliphatic carbocycles. The molecular weight excluding hydrogens is 419 g/mol. The van der Waals surface area contributed by atoms with Gasteiger partial charge in [0.25, 0.3) is 0 Å². The lowest BCUT2D eigenvalue weighted by Gasteiger charge is -2.23. The van der Waals surface area contributed by atoms with Crippen LogP contribution in [0, 0.1) is 11.8 Å². The van der Waals surface area contributed by atoms with Gasteiger partial charge in [-0.25, -0.2) is 0 Å². The van der Waals surface area contributed by atoms with Gasteiger partial charge in [-0.2, -0.15) is 0 Å². The van der Waals surface area contributed by atoms with Crippen molar-refractivity contribution >= 4 is 46.1 Å². The molecule has 1 heterocycles. The lowest BCUT2D eigenvalue weighted by molar-refractivity contribution is 0.109. The first-order valence-electron chi connectivity index (χ1n) is 9.81. The van der Waals surface area contributed by atoms with Gasteiger partial charge in [-0.1, -0.05) is 30.1 Å². The molecule has 1 aromatic heterocycles. The summed E-state index contributed by atoms with van der Waals surface area (Å²) in [5.41, 5.74) is 1.13. The minimum absolute atomic E-state index is 0.0717. The van der Waals surface area contributed by atoms with Crippen molar-refractivity contribution in [1.29, 1.82) is 0 Å². The Bertz CT molecular complexity index is 725. The van der Waals surface area contributed by atoms with Crippen molar-refractivity contribution in [2.75, 3.05) is 0 Å². The van der Waals surface area contributed by atoms with Crippen LogP contribution in [0.4, 0.5) is 0 Å². The molecule has 4 atom stereocenters. The molecule has 0 spiro atoms. The molecule has 1 N–H and O–H groups in total. The zero-order valence-corrected chi connectivity index (χ0v) is 18.7. The first kappa shape index (κ1) is 21.5. The summed E-state index contributed by atoms with van der Waals surface area (Å²) < 4.78 is 0. The molecule has 1 fully saturated rings. The van der Waals surface area contributed by atoms with E-state index in [9.17, 15) is 5.11 Å². The number of alkyl halides is 1. The van der Waals surface area contributed by atoms with E-state index < -0.39 is 0 Å². The SMILES string of the molecule is CCc1ccc(CCC[C@@H]2[C@@H](CCc3cc(Cl)cc(Cl)c3)[C@H](O)C[C@H]2Cl)s1. The van der Waals surface area contributed by atoms with E-state index in [-0.39, 0.29) is 17.4 Å². The summed E-state index contributed by atoms with van der Waals surface area (Å²) in [5.74, 6) is 0.627. The van der Waals surface area contributed by atoms with Crippen LogP contribution >= 0.6 is 46.1 Å². The molecule has 1 aliphatic rings. The van der Waals surface area contributed by atoms with Gasteiger partial charge in [0.05, 0.1) is 6.10 Å². The third kappa shape index (κ3) is 5.87. The molecule has 148 valence electrons. The number of hydrogen-bond acceptors (Lipinski definition) is 2. The predicted octanol–water partition coefficient (Wildman–Crippen LogP) is 7.18. The lowest BCUT2D eigenvalue weighted by atomic mass is 9.85. The van der Waals surface area contributed by atoms with Crippen molar-refractivity contribution in [3.63, 3.8) is 0 Å². The topological polar surface area (TPSA) is 20.2 Å². The van der Waals surface area contributed by atoms with Crippen molar-refractivity contribution in [2.45, 2.75) is 63.4 Å². The molecule has 0 bridgehead atoms. The number of halogens is 3. The third-order valence-electron chi connectivity index (χ3n) is 5.69. The average Bonchev–Trinajstić information content (AvgIpc) is 3.17. The fourth-order valence-corrected chi connectivity index (χ4v) is 6.35. The second-order valence-corrected chi connectivity index (χ2v) is 10.3. The summed E-state index contributed by atoms with van der Waals surface area (Å²) in [4.78, 5) is 2.91. The molecule has 27 heavy (non-hydrogen) atoms. The second-order valence-electron chi connectivity index (χ2n) is 7.58. The van der Waals surface area contributed by atoms with E-state index in [1.807, 2.05) is 23.5 Å². The van der Waals surface area contributed by atoms with Crippen LogP contribution in [-0.2, 0) is 19.3 Å². The van der Waals surface area contributed by atoms with Crippen molar-refractivity contribution in [2.24, 2.45) is 11.8 Å². The third-order valence-corrected chi connectivity index (χ3v) is 7.92. The van der Waals surface area contributed by atoms with E-state index in [4.69, 9.17) is 34.8 Å². The number of benzene rings is 1. The summed E-state index contributed by atoms with van der Waals surface area (Å²) in [7, 11) is 0. The zero-order chi connectivity index (χ0) is 19.4. The maximum atomic E-state index is 10.5. The minimum atomic E-state index is -0.305. The van der Waals surface area contributed by atoms with Gasteiger partial charge in [0.15, 0.2) is 0 Å². The van der Waals surface area contributed by atoms with Crippen molar-refractivity contribution < 1.29 is 5.11 Å². The zero-order valence-electron chi connectivity index (χ0n) is 15.6. The van der Waals surface area contributed by atoms with Gasteiger partial charge in [-0.05, 0) is 92.7 Å². The van der Waals surface area contributed by atoms with Crippen LogP contribution in [0.2, 0.25) is 10.0 Å². The van der Waals surface area contributed by atoms with E-state index in [0.29, 0.717) is 22.4 Å².